The number of hydrogen-bond acceptors (Lipinski definition) is 7. The molecule has 1 aromatic carbocycles. The number of nitrogens with zero attached hydrogens (tertiary/aromatic N) is 4. The molecular weight excluding hydrogens is 344 g/mol. The van der Waals surface area contributed by atoms with Crippen LogP contribution in [0.25, 0.3) is 0 Å². The van der Waals surface area contributed by atoms with E-state index in [4.69, 9.17) is 14.0 Å². The maximum atomic E-state index is 5.50. The fraction of sp³-hybridized carbons (Fsp3) is 0.600. The Morgan fingerprint density at radius 3 is 2.44 bits per heavy atom. The molecule has 27 heavy (non-hydrogen) atoms. The van der Waals surface area contributed by atoms with Crippen molar-refractivity contribution in [3.8, 4) is 11.5 Å². The summed E-state index contributed by atoms with van der Waals surface area (Å²) < 4.78 is 16.2. The number of rotatable bonds is 9. The standard InChI is InChI=1S/C20H30N4O3/c1-4-5-6-19-21-20(27-22-19)15-24-11-9-23(10-12-24)14-16-13-17(25-2)7-8-18(16)26-3/h7-8,13H,4-6,9-12,14-15H2,1-3H3. The number of ether oxygens (including phenoxy) is 2. The lowest BCUT2D eigenvalue weighted by molar-refractivity contribution is 0.111. The zero-order chi connectivity index (χ0) is 19.1. The molecule has 1 aliphatic rings. The number of methoxy groups -OCH3 is 2. The van der Waals surface area contributed by atoms with Gasteiger partial charge in [-0.25, -0.2) is 0 Å². The smallest absolute Gasteiger partial charge is 0.240 e. The highest BCUT2D eigenvalue weighted by Crippen LogP contribution is 2.25. The van der Waals surface area contributed by atoms with Crippen molar-refractivity contribution < 1.29 is 14.0 Å². The molecule has 2 aromatic rings. The predicted molar refractivity (Wildman–Crippen MR) is 103 cm³/mol. The fourth-order valence-corrected chi connectivity index (χ4v) is 3.33. The molecule has 0 radical (unpaired) electrons. The number of aryl methyl sites for hydroxylation is 1. The first kappa shape index (κ1) is 19.6. The highest BCUT2D eigenvalue weighted by Gasteiger charge is 2.20. The molecule has 7 nitrogen and oxygen atoms in total. The van der Waals surface area contributed by atoms with Crippen molar-refractivity contribution in [1.29, 1.82) is 0 Å². The summed E-state index contributed by atoms with van der Waals surface area (Å²) in [6.45, 7) is 7.72. The lowest BCUT2D eigenvalue weighted by atomic mass is 10.1. The van der Waals surface area contributed by atoms with Crippen LogP contribution in [-0.4, -0.2) is 60.3 Å². The van der Waals surface area contributed by atoms with Crippen LogP contribution in [0.1, 0.15) is 37.0 Å². The van der Waals surface area contributed by atoms with Gasteiger partial charge in [0.15, 0.2) is 5.82 Å². The van der Waals surface area contributed by atoms with Crippen molar-refractivity contribution in [1.82, 2.24) is 19.9 Å². The van der Waals surface area contributed by atoms with Gasteiger partial charge in [0.1, 0.15) is 11.5 Å². The van der Waals surface area contributed by atoms with E-state index in [1.807, 2.05) is 12.1 Å². The Morgan fingerprint density at radius 1 is 1.04 bits per heavy atom. The van der Waals surface area contributed by atoms with Crippen LogP contribution in [0.5, 0.6) is 11.5 Å². The van der Waals surface area contributed by atoms with Crippen LogP contribution in [0.15, 0.2) is 22.7 Å². The van der Waals surface area contributed by atoms with Gasteiger partial charge in [-0.1, -0.05) is 18.5 Å². The van der Waals surface area contributed by atoms with Gasteiger partial charge in [-0.05, 0) is 24.6 Å². The van der Waals surface area contributed by atoms with Crippen LogP contribution in [0.3, 0.4) is 0 Å². The number of hydrogen-bond donors (Lipinski definition) is 0. The first-order valence-corrected chi connectivity index (χ1v) is 9.69. The molecule has 148 valence electrons. The van der Waals surface area contributed by atoms with Crippen LogP contribution in [0.4, 0.5) is 0 Å². The van der Waals surface area contributed by atoms with Gasteiger partial charge in [-0.15, -0.1) is 0 Å². The molecule has 1 saturated heterocycles. The molecule has 7 heteroatoms. The molecule has 1 aromatic heterocycles. The first-order chi connectivity index (χ1) is 13.2. The molecule has 0 bridgehead atoms. The second kappa shape index (κ2) is 9.71. The highest BCUT2D eigenvalue weighted by atomic mass is 16.5. The first-order valence-electron chi connectivity index (χ1n) is 9.69. The van der Waals surface area contributed by atoms with Crippen molar-refractivity contribution in [3.63, 3.8) is 0 Å². The normalized spacial score (nSPS) is 15.8. The van der Waals surface area contributed by atoms with Crippen LogP contribution < -0.4 is 9.47 Å². The molecule has 2 heterocycles. The maximum Gasteiger partial charge on any atom is 0.240 e. The third-order valence-corrected chi connectivity index (χ3v) is 4.97. The third-order valence-electron chi connectivity index (χ3n) is 4.97. The van der Waals surface area contributed by atoms with Crippen molar-refractivity contribution in [2.45, 2.75) is 39.3 Å². The molecule has 0 amide bonds. The Kier molecular flexibility index (Phi) is 7.06. The molecule has 3 rings (SSSR count). The van der Waals surface area contributed by atoms with Crippen LogP contribution >= 0.6 is 0 Å². The average Bonchev–Trinajstić information content (AvgIpc) is 3.15. The van der Waals surface area contributed by atoms with Gasteiger partial charge in [0.25, 0.3) is 0 Å². The quantitative estimate of drug-likeness (QED) is 0.669. The van der Waals surface area contributed by atoms with E-state index in [2.05, 4.69) is 32.9 Å². The molecular formula is C20H30N4O3. The predicted octanol–water partition coefficient (Wildman–Crippen LogP) is 2.75. The fourth-order valence-electron chi connectivity index (χ4n) is 3.33. The summed E-state index contributed by atoms with van der Waals surface area (Å²) in [4.78, 5) is 9.32. The Balaban J connectivity index is 1.50. The van der Waals surface area contributed by atoms with Gasteiger partial charge in [0.05, 0.1) is 20.8 Å². The SMILES string of the molecule is CCCCc1noc(CN2CCN(Cc3cc(OC)ccc3OC)CC2)n1. The van der Waals surface area contributed by atoms with Gasteiger partial charge < -0.3 is 14.0 Å². The molecule has 1 aliphatic heterocycles. The maximum absolute atomic E-state index is 5.50. The summed E-state index contributed by atoms with van der Waals surface area (Å²) in [5.74, 6) is 3.32. The van der Waals surface area contributed by atoms with Crippen molar-refractivity contribution in [2.24, 2.45) is 0 Å². The number of benzene rings is 1. The lowest BCUT2D eigenvalue weighted by Crippen LogP contribution is -2.45. The van der Waals surface area contributed by atoms with Crippen molar-refractivity contribution >= 4 is 0 Å². The summed E-state index contributed by atoms with van der Waals surface area (Å²) in [7, 11) is 3.40. The zero-order valence-corrected chi connectivity index (χ0v) is 16.6. The minimum absolute atomic E-state index is 0.726. The van der Waals surface area contributed by atoms with Gasteiger partial charge >= 0.3 is 0 Å². The van der Waals surface area contributed by atoms with E-state index in [-0.39, 0.29) is 0 Å². The summed E-state index contributed by atoms with van der Waals surface area (Å²) in [6, 6.07) is 5.96. The Bertz CT molecular complexity index is 711. The third kappa shape index (κ3) is 5.43. The molecule has 0 N–H and O–H groups in total. The van der Waals surface area contributed by atoms with Crippen LogP contribution in [0.2, 0.25) is 0 Å². The van der Waals surface area contributed by atoms with Gasteiger partial charge in [-0.3, -0.25) is 9.80 Å². The second-order valence-electron chi connectivity index (χ2n) is 6.94. The lowest BCUT2D eigenvalue weighted by Gasteiger charge is -2.34. The van der Waals surface area contributed by atoms with E-state index < -0.39 is 0 Å². The zero-order valence-electron chi connectivity index (χ0n) is 16.6. The number of piperazine rings is 1. The molecule has 1 fully saturated rings. The van der Waals surface area contributed by atoms with Crippen molar-refractivity contribution in [3.05, 3.63) is 35.5 Å². The van der Waals surface area contributed by atoms with E-state index in [0.717, 1.165) is 87.3 Å². The van der Waals surface area contributed by atoms with E-state index in [1.54, 1.807) is 14.2 Å². The topological polar surface area (TPSA) is 63.9 Å². The van der Waals surface area contributed by atoms with Gasteiger partial charge in [-0.2, -0.15) is 4.98 Å². The molecule has 0 saturated carbocycles. The Labute approximate surface area is 161 Å². The minimum Gasteiger partial charge on any atom is -0.497 e. The van der Waals surface area contributed by atoms with E-state index in [0.29, 0.717) is 0 Å². The Hall–Kier alpha value is -2.12. The summed E-state index contributed by atoms with van der Waals surface area (Å²) in [6.07, 6.45) is 3.14. The van der Waals surface area contributed by atoms with E-state index in [9.17, 15) is 0 Å². The second-order valence-corrected chi connectivity index (χ2v) is 6.94. The number of unbranched alkanes of at least 4 members (excludes halogenated alkanes) is 1. The van der Waals surface area contributed by atoms with E-state index >= 15 is 0 Å². The summed E-state index contributed by atoms with van der Waals surface area (Å²) in [5, 5.41) is 4.08. The summed E-state index contributed by atoms with van der Waals surface area (Å²) >= 11 is 0. The monoisotopic (exact) mass is 374 g/mol. The van der Waals surface area contributed by atoms with Crippen molar-refractivity contribution in [2.75, 3.05) is 40.4 Å². The minimum atomic E-state index is 0.726. The largest absolute Gasteiger partial charge is 0.497 e. The average molecular weight is 374 g/mol. The van der Waals surface area contributed by atoms with Crippen LogP contribution in [0, 0.1) is 0 Å². The Morgan fingerprint density at radius 2 is 1.78 bits per heavy atom. The van der Waals surface area contributed by atoms with Gasteiger partial charge in [0.2, 0.25) is 5.89 Å². The summed E-state index contributed by atoms with van der Waals surface area (Å²) in [5.41, 5.74) is 1.16. The molecule has 0 atom stereocenters. The molecule has 0 spiro atoms. The molecule has 0 unspecified atom stereocenters. The molecule has 0 aliphatic carbocycles. The van der Waals surface area contributed by atoms with Gasteiger partial charge in [0, 0.05) is 44.7 Å². The van der Waals surface area contributed by atoms with E-state index in [1.165, 1.54) is 0 Å². The highest BCUT2D eigenvalue weighted by molar-refractivity contribution is 5.40. The van der Waals surface area contributed by atoms with Crippen LogP contribution in [-0.2, 0) is 19.5 Å². The number of aromatic nitrogens is 2.